The second-order valence-electron chi connectivity index (χ2n) is 5.58. The minimum atomic E-state index is -0.241. The molecule has 1 aliphatic heterocycles. The number of halogens is 2. The molecule has 0 spiro atoms. The van der Waals surface area contributed by atoms with Crippen molar-refractivity contribution in [2.75, 3.05) is 5.01 Å². The Morgan fingerprint density at radius 3 is 2.54 bits per heavy atom. The SMILES string of the molecule is Fc1ccc(C2=NN(c3ccccc3Cl)[C@H](c3cccs3)C2)cc1. The first-order chi connectivity index (χ1) is 11.7. The summed E-state index contributed by atoms with van der Waals surface area (Å²) in [6.07, 6.45) is 0.761. The number of anilines is 1. The molecule has 0 unspecified atom stereocenters. The van der Waals surface area contributed by atoms with Gasteiger partial charge in [-0.3, -0.25) is 5.01 Å². The highest BCUT2D eigenvalue weighted by Gasteiger charge is 2.31. The fourth-order valence-corrected chi connectivity index (χ4v) is 3.92. The minimum Gasteiger partial charge on any atom is -0.255 e. The van der Waals surface area contributed by atoms with Crippen molar-refractivity contribution in [3.8, 4) is 0 Å². The van der Waals surface area contributed by atoms with E-state index in [1.807, 2.05) is 35.3 Å². The summed E-state index contributed by atoms with van der Waals surface area (Å²) in [5.74, 6) is -0.241. The monoisotopic (exact) mass is 356 g/mol. The van der Waals surface area contributed by atoms with Gasteiger partial charge in [0.25, 0.3) is 0 Å². The first-order valence-corrected chi connectivity index (χ1v) is 8.89. The Balaban J connectivity index is 1.77. The highest BCUT2D eigenvalue weighted by Crippen LogP contribution is 2.40. The normalized spacial score (nSPS) is 17.2. The lowest BCUT2D eigenvalue weighted by Crippen LogP contribution is -2.17. The summed E-state index contributed by atoms with van der Waals surface area (Å²) in [4.78, 5) is 1.23. The van der Waals surface area contributed by atoms with E-state index in [9.17, 15) is 4.39 Å². The van der Waals surface area contributed by atoms with Crippen LogP contribution in [0.15, 0.2) is 71.1 Å². The number of nitrogens with zero attached hydrogens (tertiary/aromatic N) is 2. The second-order valence-corrected chi connectivity index (χ2v) is 6.97. The van der Waals surface area contributed by atoms with Crippen LogP contribution in [0.25, 0.3) is 0 Å². The minimum absolute atomic E-state index is 0.102. The van der Waals surface area contributed by atoms with Gasteiger partial charge in [0.1, 0.15) is 5.82 Å². The summed E-state index contributed by atoms with van der Waals surface area (Å²) in [5, 5.41) is 9.52. The third-order valence-electron chi connectivity index (χ3n) is 4.06. The molecule has 4 rings (SSSR count). The predicted molar refractivity (Wildman–Crippen MR) is 98.5 cm³/mol. The summed E-state index contributed by atoms with van der Waals surface area (Å²) < 4.78 is 13.2. The van der Waals surface area contributed by atoms with Crippen LogP contribution in [0.1, 0.15) is 22.9 Å². The van der Waals surface area contributed by atoms with Crippen molar-refractivity contribution in [1.29, 1.82) is 0 Å². The summed E-state index contributed by atoms with van der Waals surface area (Å²) >= 11 is 8.09. The van der Waals surface area contributed by atoms with E-state index in [0.29, 0.717) is 5.02 Å². The van der Waals surface area contributed by atoms with Crippen LogP contribution in [0.4, 0.5) is 10.1 Å². The van der Waals surface area contributed by atoms with Crippen molar-refractivity contribution in [1.82, 2.24) is 0 Å². The third-order valence-corrected chi connectivity index (χ3v) is 5.35. The number of rotatable bonds is 3. The zero-order valence-corrected chi connectivity index (χ0v) is 14.3. The van der Waals surface area contributed by atoms with E-state index in [1.165, 1.54) is 17.0 Å². The van der Waals surface area contributed by atoms with E-state index >= 15 is 0 Å². The van der Waals surface area contributed by atoms with Crippen LogP contribution in [0.2, 0.25) is 5.02 Å². The van der Waals surface area contributed by atoms with Crippen LogP contribution < -0.4 is 5.01 Å². The number of thiophene rings is 1. The standard InChI is InChI=1S/C19H14ClFN2S/c20-15-4-1-2-5-17(15)23-18(19-6-3-11-24-19)12-16(22-23)13-7-9-14(21)10-8-13/h1-11,18H,12H2/t18-/m0/s1. The molecule has 3 aromatic rings. The van der Waals surface area contributed by atoms with Crippen molar-refractivity contribution >= 4 is 34.3 Å². The molecule has 2 aromatic carbocycles. The lowest BCUT2D eigenvalue weighted by Gasteiger charge is -2.23. The van der Waals surface area contributed by atoms with Gasteiger partial charge in [-0.25, -0.2) is 4.39 Å². The number of para-hydroxylation sites is 1. The lowest BCUT2D eigenvalue weighted by atomic mass is 10.0. The predicted octanol–water partition coefficient (Wildman–Crippen LogP) is 5.90. The van der Waals surface area contributed by atoms with Gasteiger partial charge in [-0.1, -0.05) is 41.9 Å². The molecule has 5 heteroatoms. The molecule has 0 fully saturated rings. The summed E-state index contributed by atoms with van der Waals surface area (Å²) in [6, 6.07) is 18.4. The first-order valence-electron chi connectivity index (χ1n) is 7.63. The number of hydrogen-bond donors (Lipinski definition) is 0. The summed E-state index contributed by atoms with van der Waals surface area (Å²) in [6.45, 7) is 0. The maximum atomic E-state index is 13.2. The Labute approximate surface area is 148 Å². The van der Waals surface area contributed by atoms with Crippen LogP contribution in [0, 0.1) is 5.82 Å². The molecule has 24 heavy (non-hydrogen) atoms. The molecule has 0 aliphatic carbocycles. The van der Waals surface area contributed by atoms with Gasteiger partial charge < -0.3 is 0 Å². The molecule has 1 aliphatic rings. The fourth-order valence-electron chi connectivity index (χ4n) is 2.89. The maximum Gasteiger partial charge on any atom is 0.123 e. The smallest absolute Gasteiger partial charge is 0.123 e. The van der Waals surface area contributed by atoms with Gasteiger partial charge >= 0.3 is 0 Å². The van der Waals surface area contributed by atoms with Gasteiger partial charge in [0.05, 0.1) is 22.5 Å². The maximum absolute atomic E-state index is 13.2. The molecule has 1 atom stereocenters. The van der Waals surface area contributed by atoms with Crippen molar-refractivity contribution in [3.05, 3.63) is 87.3 Å². The highest BCUT2D eigenvalue weighted by molar-refractivity contribution is 7.10. The molecule has 0 saturated heterocycles. The highest BCUT2D eigenvalue weighted by atomic mass is 35.5. The van der Waals surface area contributed by atoms with Crippen LogP contribution in [0.5, 0.6) is 0 Å². The van der Waals surface area contributed by atoms with Gasteiger partial charge in [-0.15, -0.1) is 11.3 Å². The van der Waals surface area contributed by atoms with E-state index in [2.05, 4.69) is 11.4 Å². The van der Waals surface area contributed by atoms with E-state index in [4.69, 9.17) is 16.7 Å². The quantitative estimate of drug-likeness (QED) is 0.570. The Morgan fingerprint density at radius 2 is 1.83 bits per heavy atom. The number of benzene rings is 2. The molecule has 0 amide bonds. The molecular weight excluding hydrogens is 343 g/mol. The molecule has 0 bridgehead atoms. The lowest BCUT2D eigenvalue weighted by molar-refractivity contribution is 0.627. The first kappa shape index (κ1) is 15.4. The van der Waals surface area contributed by atoms with Crippen molar-refractivity contribution in [3.63, 3.8) is 0 Å². The molecule has 0 N–H and O–H groups in total. The third kappa shape index (κ3) is 2.83. The van der Waals surface area contributed by atoms with Crippen LogP contribution in [-0.2, 0) is 0 Å². The van der Waals surface area contributed by atoms with Gasteiger partial charge in [0.15, 0.2) is 0 Å². The summed E-state index contributed by atoms with van der Waals surface area (Å²) in [7, 11) is 0. The van der Waals surface area contributed by atoms with E-state index in [-0.39, 0.29) is 11.9 Å². The molecule has 2 nitrogen and oxygen atoms in total. The molecule has 2 heterocycles. The van der Waals surface area contributed by atoms with Crippen molar-refractivity contribution in [2.24, 2.45) is 5.10 Å². The Kier molecular flexibility index (Phi) is 4.08. The van der Waals surface area contributed by atoms with Crippen LogP contribution in [-0.4, -0.2) is 5.71 Å². The largest absolute Gasteiger partial charge is 0.255 e. The Morgan fingerprint density at radius 1 is 1.04 bits per heavy atom. The molecule has 120 valence electrons. The number of hydrogen-bond acceptors (Lipinski definition) is 3. The van der Waals surface area contributed by atoms with Crippen molar-refractivity contribution < 1.29 is 4.39 Å². The average molecular weight is 357 g/mol. The van der Waals surface area contributed by atoms with E-state index in [0.717, 1.165) is 23.4 Å². The zero-order valence-electron chi connectivity index (χ0n) is 12.7. The van der Waals surface area contributed by atoms with E-state index < -0.39 is 0 Å². The molecule has 0 radical (unpaired) electrons. The fraction of sp³-hybridized carbons (Fsp3) is 0.105. The van der Waals surface area contributed by atoms with Crippen LogP contribution in [0.3, 0.4) is 0 Å². The van der Waals surface area contributed by atoms with Gasteiger partial charge in [-0.05, 0) is 41.3 Å². The van der Waals surface area contributed by atoms with E-state index in [1.54, 1.807) is 23.5 Å². The van der Waals surface area contributed by atoms with Gasteiger partial charge in [-0.2, -0.15) is 5.10 Å². The molecular formula is C19H14ClFN2S. The van der Waals surface area contributed by atoms with Gasteiger partial charge in [0, 0.05) is 11.3 Å². The van der Waals surface area contributed by atoms with Crippen molar-refractivity contribution in [2.45, 2.75) is 12.5 Å². The zero-order chi connectivity index (χ0) is 16.5. The topological polar surface area (TPSA) is 15.6 Å². The molecule has 1 aromatic heterocycles. The Hall–Kier alpha value is -2.17. The molecule has 0 saturated carbocycles. The summed E-state index contributed by atoms with van der Waals surface area (Å²) in [5.41, 5.74) is 2.76. The number of hydrazone groups is 1. The Bertz CT molecular complexity index is 875. The van der Waals surface area contributed by atoms with Gasteiger partial charge in [0.2, 0.25) is 0 Å². The average Bonchev–Trinajstić information content (AvgIpc) is 3.25. The second kappa shape index (κ2) is 6.38. The van der Waals surface area contributed by atoms with Crippen LogP contribution >= 0.6 is 22.9 Å².